The van der Waals surface area contributed by atoms with Crippen LogP contribution in [-0.4, -0.2) is 24.5 Å². The average Bonchev–Trinajstić information content (AvgIpc) is 2.39. The quantitative estimate of drug-likeness (QED) is 0.586. The molecule has 1 heteroatoms. The Morgan fingerprint density at radius 3 is 2.06 bits per heavy atom. The highest BCUT2D eigenvalue weighted by Gasteiger charge is 2.34. The number of rotatable bonds is 0. The van der Waals surface area contributed by atoms with E-state index in [-0.39, 0.29) is 0 Å². The summed E-state index contributed by atoms with van der Waals surface area (Å²) in [5, 5.41) is 0. The summed E-state index contributed by atoms with van der Waals surface area (Å²) in [4.78, 5) is 2.55. The molecule has 2 aliphatic rings. The molecule has 1 nitrogen and oxygen atoms in total. The second-order valence-corrected chi connectivity index (χ2v) is 4.72. The minimum atomic E-state index is 0.851. The van der Waals surface area contributed by atoms with Gasteiger partial charge in [-0.1, -0.05) is 47.0 Å². The van der Waals surface area contributed by atoms with Gasteiger partial charge in [-0.05, 0) is 45.2 Å². The van der Waals surface area contributed by atoms with Crippen molar-refractivity contribution in [2.45, 2.75) is 72.8 Å². The summed E-state index contributed by atoms with van der Waals surface area (Å²) < 4.78 is 0. The number of piperidine rings is 1. The first-order valence-electron chi connectivity index (χ1n) is 7.49. The molecule has 1 saturated heterocycles. The third-order valence-corrected chi connectivity index (χ3v) is 4.14. The maximum absolute atomic E-state index is 2.55. The summed E-state index contributed by atoms with van der Waals surface area (Å²) in [6, 6.07) is 0.851. The van der Waals surface area contributed by atoms with E-state index in [2.05, 4.69) is 18.9 Å². The second kappa shape index (κ2) is 9.04. The Bertz CT molecular complexity index is 154. The van der Waals surface area contributed by atoms with Crippen molar-refractivity contribution < 1.29 is 0 Å². The Kier molecular flexibility index (Phi) is 9.02. The van der Waals surface area contributed by atoms with Gasteiger partial charge in [0, 0.05) is 6.04 Å². The van der Waals surface area contributed by atoms with E-state index in [0.717, 1.165) is 17.9 Å². The fraction of sp³-hybridized carbons (Fsp3) is 1.00. The van der Waals surface area contributed by atoms with E-state index in [1.165, 1.54) is 38.6 Å². The molecule has 0 bridgehead atoms. The van der Waals surface area contributed by atoms with Crippen molar-refractivity contribution >= 4 is 0 Å². The number of likely N-dealkylation sites (tertiary alicyclic amines) is 1. The normalized spacial score (nSPS) is 33.8. The zero-order valence-corrected chi connectivity index (χ0v) is 12.4. The molecule has 1 saturated carbocycles. The molecule has 0 N–H and O–H groups in total. The second-order valence-electron chi connectivity index (χ2n) is 4.72. The predicted octanol–water partition coefficient (Wildman–Crippen LogP) is 4.57. The van der Waals surface area contributed by atoms with Crippen molar-refractivity contribution in [1.29, 1.82) is 0 Å². The topological polar surface area (TPSA) is 3.24 Å². The standard InChI is InChI=1S/C11H21N.2C2H6/c1-9-11-6-4-3-5-10(11)7-8-12(9)2;2*1-2/h9-11H,3-8H2,1-2H3;2*1-2H3. The molecule has 0 aromatic rings. The van der Waals surface area contributed by atoms with E-state index in [9.17, 15) is 0 Å². The van der Waals surface area contributed by atoms with Crippen LogP contribution in [0.25, 0.3) is 0 Å². The molecule has 3 atom stereocenters. The lowest BCUT2D eigenvalue weighted by molar-refractivity contribution is 0.0509. The van der Waals surface area contributed by atoms with Gasteiger partial charge in [0.05, 0.1) is 0 Å². The molecule has 0 radical (unpaired) electrons. The fourth-order valence-corrected chi connectivity index (χ4v) is 3.13. The minimum absolute atomic E-state index is 0.851. The Morgan fingerprint density at radius 1 is 0.875 bits per heavy atom. The number of hydrogen-bond acceptors (Lipinski definition) is 1. The Balaban J connectivity index is 0.000000509. The Hall–Kier alpha value is -0.0400. The summed E-state index contributed by atoms with van der Waals surface area (Å²) in [5.74, 6) is 2.10. The van der Waals surface area contributed by atoms with Gasteiger partial charge in [-0.3, -0.25) is 0 Å². The monoisotopic (exact) mass is 227 g/mol. The van der Waals surface area contributed by atoms with Crippen molar-refractivity contribution in [2.24, 2.45) is 11.8 Å². The summed E-state index contributed by atoms with van der Waals surface area (Å²) in [6.07, 6.45) is 7.46. The van der Waals surface area contributed by atoms with Crippen LogP contribution in [0.2, 0.25) is 0 Å². The molecule has 0 amide bonds. The maximum atomic E-state index is 2.55. The van der Waals surface area contributed by atoms with Gasteiger partial charge in [-0.25, -0.2) is 0 Å². The molecule has 98 valence electrons. The molecule has 3 unspecified atom stereocenters. The fourth-order valence-electron chi connectivity index (χ4n) is 3.13. The first-order valence-corrected chi connectivity index (χ1v) is 7.49. The van der Waals surface area contributed by atoms with E-state index in [4.69, 9.17) is 0 Å². The molecule has 1 aliphatic carbocycles. The van der Waals surface area contributed by atoms with Gasteiger partial charge in [-0.2, -0.15) is 0 Å². The molecule has 0 aromatic carbocycles. The van der Waals surface area contributed by atoms with E-state index in [0.29, 0.717) is 0 Å². The Morgan fingerprint density at radius 2 is 1.44 bits per heavy atom. The van der Waals surface area contributed by atoms with Crippen LogP contribution in [0.4, 0.5) is 0 Å². The van der Waals surface area contributed by atoms with Crippen molar-refractivity contribution in [3.63, 3.8) is 0 Å². The smallest absolute Gasteiger partial charge is 0.00948 e. The molecule has 2 rings (SSSR count). The lowest BCUT2D eigenvalue weighted by Gasteiger charge is -2.45. The van der Waals surface area contributed by atoms with E-state index < -0.39 is 0 Å². The first-order chi connectivity index (χ1) is 7.79. The van der Waals surface area contributed by atoms with Gasteiger partial charge in [-0.15, -0.1) is 0 Å². The van der Waals surface area contributed by atoms with E-state index in [1.807, 2.05) is 27.7 Å². The van der Waals surface area contributed by atoms with Crippen molar-refractivity contribution in [3.05, 3.63) is 0 Å². The average molecular weight is 227 g/mol. The van der Waals surface area contributed by atoms with E-state index >= 15 is 0 Å². The SMILES string of the molecule is CC.CC.CC1C2CCCCC2CCN1C. The highest BCUT2D eigenvalue weighted by Crippen LogP contribution is 2.38. The number of hydrogen-bond donors (Lipinski definition) is 0. The maximum Gasteiger partial charge on any atom is 0.00948 e. The Labute approximate surface area is 104 Å². The highest BCUT2D eigenvalue weighted by atomic mass is 15.1. The van der Waals surface area contributed by atoms with E-state index in [1.54, 1.807) is 0 Å². The van der Waals surface area contributed by atoms with Crippen LogP contribution in [0, 0.1) is 11.8 Å². The van der Waals surface area contributed by atoms with Gasteiger partial charge < -0.3 is 4.90 Å². The predicted molar refractivity (Wildman–Crippen MR) is 74.9 cm³/mol. The zero-order valence-electron chi connectivity index (χ0n) is 12.4. The lowest BCUT2D eigenvalue weighted by atomic mass is 9.71. The van der Waals surface area contributed by atoms with Crippen molar-refractivity contribution in [2.75, 3.05) is 13.6 Å². The van der Waals surface area contributed by atoms with Gasteiger partial charge in [0.1, 0.15) is 0 Å². The van der Waals surface area contributed by atoms with Crippen LogP contribution in [0.5, 0.6) is 0 Å². The highest BCUT2D eigenvalue weighted by molar-refractivity contribution is 4.87. The molecule has 0 aromatic heterocycles. The first kappa shape index (κ1) is 16.0. The van der Waals surface area contributed by atoms with Crippen LogP contribution >= 0.6 is 0 Å². The summed E-state index contributed by atoms with van der Waals surface area (Å²) >= 11 is 0. The molecule has 0 spiro atoms. The van der Waals surface area contributed by atoms with Crippen LogP contribution in [0.15, 0.2) is 0 Å². The van der Waals surface area contributed by atoms with Crippen molar-refractivity contribution in [3.8, 4) is 0 Å². The molecule has 1 aliphatic heterocycles. The van der Waals surface area contributed by atoms with Crippen LogP contribution < -0.4 is 0 Å². The molecule has 2 fully saturated rings. The van der Waals surface area contributed by atoms with Gasteiger partial charge in [0.25, 0.3) is 0 Å². The van der Waals surface area contributed by atoms with Gasteiger partial charge in [0.15, 0.2) is 0 Å². The largest absolute Gasteiger partial charge is 0.303 e. The van der Waals surface area contributed by atoms with Crippen LogP contribution in [0.3, 0.4) is 0 Å². The molecular formula is C15H33N. The zero-order chi connectivity index (χ0) is 12.6. The summed E-state index contributed by atoms with van der Waals surface area (Å²) in [6.45, 7) is 11.8. The minimum Gasteiger partial charge on any atom is -0.303 e. The third kappa shape index (κ3) is 4.08. The van der Waals surface area contributed by atoms with Gasteiger partial charge in [0.2, 0.25) is 0 Å². The van der Waals surface area contributed by atoms with Gasteiger partial charge >= 0.3 is 0 Å². The number of fused-ring (bicyclic) bond motifs is 1. The number of nitrogens with zero attached hydrogens (tertiary/aromatic N) is 1. The molecule has 16 heavy (non-hydrogen) atoms. The molecule has 1 heterocycles. The third-order valence-electron chi connectivity index (χ3n) is 4.14. The lowest BCUT2D eigenvalue weighted by Crippen LogP contribution is -2.46. The van der Waals surface area contributed by atoms with Crippen LogP contribution in [0.1, 0.15) is 66.7 Å². The van der Waals surface area contributed by atoms with Crippen molar-refractivity contribution in [1.82, 2.24) is 4.90 Å². The molecular weight excluding hydrogens is 194 g/mol. The summed E-state index contributed by atoms with van der Waals surface area (Å²) in [7, 11) is 2.29. The summed E-state index contributed by atoms with van der Waals surface area (Å²) in [5.41, 5.74) is 0. The van der Waals surface area contributed by atoms with Crippen LogP contribution in [-0.2, 0) is 0 Å².